The molecule has 0 atom stereocenters. The molecule has 0 spiro atoms. The Bertz CT molecular complexity index is 1090. The zero-order chi connectivity index (χ0) is 18.0. The smallest absolute Gasteiger partial charge is 0.279 e. The fourth-order valence-electron chi connectivity index (χ4n) is 2.54. The van der Waals surface area contributed by atoms with Gasteiger partial charge in [0.1, 0.15) is 5.75 Å². The number of aromatic nitrogens is 2. The normalized spacial score (nSPS) is 11.5. The van der Waals surface area contributed by atoms with E-state index in [1.165, 1.54) is 23.9 Å². The molecule has 0 amide bonds. The van der Waals surface area contributed by atoms with Crippen molar-refractivity contribution in [3.63, 3.8) is 0 Å². The number of para-hydroxylation sites is 1. The van der Waals surface area contributed by atoms with Gasteiger partial charge in [0.2, 0.25) is 0 Å². The van der Waals surface area contributed by atoms with Crippen LogP contribution < -0.4 is 26.0 Å². The number of methoxy groups -OCH3 is 1. The molecule has 0 saturated carbocycles. The van der Waals surface area contributed by atoms with Crippen molar-refractivity contribution in [1.29, 1.82) is 0 Å². The van der Waals surface area contributed by atoms with Crippen LogP contribution in [0.4, 0.5) is 0 Å². The number of carbonyl (C=O) groups is 1. The quantitative estimate of drug-likeness (QED) is 0.714. The Morgan fingerprint density at radius 3 is 2.60 bits per heavy atom. The van der Waals surface area contributed by atoms with Crippen LogP contribution in [-0.4, -0.2) is 22.9 Å². The summed E-state index contributed by atoms with van der Waals surface area (Å²) in [7, 11) is 1.38. The van der Waals surface area contributed by atoms with Crippen molar-refractivity contribution in [1.82, 2.24) is 9.78 Å². The van der Waals surface area contributed by atoms with Gasteiger partial charge in [-0.2, -0.15) is 0 Å². The van der Waals surface area contributed by atoms with E-state index in [2.05, 4.69) is 11.7 Å². The molecule has 0 radical (unpaired) electrons. The zero-order valence-electron chi connectivity index (χ0n) is 13.5. The zero-order valence-corrected chi connectivity index (χ0v) is 13.5. The highest BCUT2D eigenvalue weighted by Gasteiger charge is 2.07. The molecule has 0 aliphatic carbocycles. The van der Waals surface area contributed by atoms with Crippen LogP contribution in [0.5, 0.6) is 5.75 Å². The molecule has 25 heavy (non-hydrogen) atoms. The summed E-state index contributed by atoms with van der Waals surface area (Å²) in [5, 5.41) is 14.9. The van der Waals surface area contributed by atoms with E-state index in [1.807, 2.05) is 18.2 Å². The molecule has 1 heterocycles. The second kappa shape index (κ2) is 6.52. The van der Waals surface area contributed by atoms with Crippen molar-refractivity contribution in [3.05, 3.63) is 80.6 Å². The van der Waals surface area contributed by atoms with Crippen LogP contribution in [0.3, 0.4) is 0 Å². The van der Waals surface area contributed by atoms with Crippen LogP contribution in [0.15, 0.2) is 53.3 Å². The Kier molecular flexibility index (Phi) is 4.26. The van der Waals surface area contributed by atoms with Gasteiger partial charge in [-0.25, -0.2) is 4.68 Å². The molecule has 3 aromatic rings. The van der Waals surface area contributed by atoms with Crippen molar-refractivity contribution in [2.45, 2.75) is 0 Å². The summed E-state index contributed by atoms with van der Waals surface area (Å²) < 4.78 is 6.39. The van der Waals surface area contributed by atoms with Crippen LogP contribution in [0.25, 0.3) is 18.3 Å². The lowest BCUT2D eigenvalue weighted by molar-refractivity contribution is -0.255. The number of ether oxygens (including phenoxy) is 1. The number of carboxylic acid groups (broad SMARTS) is 1. The minimum Gasteiger partial charge on any atom is -0.545 e. The summed E-state index contributed by atoms with van der Waals surface area (Å²) in [4.78, 5) is 23.9. The lowest BCUT2D eigenvalue weighted by Crippen LogP contribution is -2.34. The van der Waals surface area contributed by atoms with Crippen molar-refractivity contribution >= 4 is 18.6 Å². The maximum absolute atomic E-state index is 12.6. The Morgan fingerprint density at radius 1 is 1.24 bits per heavy atom. The summed E-state index contributed by atoms with van der Waals surface area (Å²) in [6, 6.07) is 13.7. The number of carboxylic acids is 1. The molecule has 0 saturated heterocycles. The van der Waals surface area contributed by atoms with Gasteiger partial charge in [-0.1, -0.05) is 30.8 Å². The molecule has 0 fully saturated rings. The number of aromatic amines is 1. The number of rotatable bonds is 4. The molecule has 2 aromatic carbocycles. The highest BCUT2D eigenvalue weighted by atomic mass is 16.5. The summed E-state index contributed by atoms with van der Waals surface area (Å²) in [5.41, 5.74) is 0.853. The predicted octanol–water partition coefficient (Wildman–Crippen LogP) is -0.223. The Balaban J connectivity index is 2.17. The minimum atomic E-state index is -1.35. The molecule has 1 aromatic heterocycles. The minimum absolute atomic E-state index is 0.0826. The lowest BCUT2D eigenvalue weighted by Gasteiger charge is -2.09. The average molecular weight is 335 g/mol. The summed E-state index contributed by atoms with van der Waals surface area (Å²) >= 11 is 0. The maximum Gasteiger partial charge on any atom is 0.279 e. The van der Waals surface area contributed by atoms with E-state index in [1.54, 1.807) is 24.3 Å². The molecule has 6 nitrogen and oxygen atoms in total. The fourth-order valence-corrected chi connectivity index (χ4v) is 2.54. The predicted molar refractivity (Wildman–Crippen MR) is 92.1 cm³/mol. The average Bonchev–Trinajstić information content (AvgIpc) is 2.90. The van der Waals surface area contributed by atoms with E-state index in [9.17, 15) is 14.7 Å². The van der Waals surface area contributed by atoms with E-state index in [4.69, 9.17) is 4.74 Å². The topological polar surface area (TPSA) is 87.2 Å². The van der Waals surface area contributed by atoms with E-state index < -0.39 is 5.97 Å². The van der Waals surface area contributed by atoms with Gasteiger partial charge in [0, 0.05) is 5.56 Å². The molecule has 1 N–H and O–H groups in total. The van der Waals surface area contributed by atoms with Gasteiger partial charge in [0.15, 0.2) is 0 Å². The fraction of sp³-hybridized carbons (Fsp3) is 0.0526. The van der Waals surface area contributed by atoms with E-state index in [0.717, 1.165) is 0 Å². The van der Waals surface area contributed by atoms with Crippen LogP contribution in [0.2, 0.25) is 0 Å². The lowest BCUT2D eigenvalue weighted by atomic mass is 10.1. The van der Waals surface area contributed by atoms with Crippen LogP contribution in [0.1, 0.15) is 15.9 Å². The largest absolute Gasteiger partial charge is 0.545 e. The van der Waals surface area contributed by atoms with Gasteiger partial charge in [-0.3, -0.25) is 9.89 Å². The number of nitrogens with one attached hydrogen (secondary N) is 1. The Labute approximate surface area is 142 Å². The van der Waals surface area contributed by atoms with Crippen LogP contribution in [-0.2, 0) is 0 Å². The third-order valence-electron chi connectivity index (χ3n) is 3.77. The highest BCUT2D eigenvalue weighted by Crippen LogP contribution is 2.19. The Hall–Kier alpha value is -3.54. The first-order chi connectivity index (χ1) is 12.0. The number of H-pyrrole nitrogens is 1. The van der Waals surface area contributed by atoms with Gasteiger partial charge < -0.3 is 14.6 Å². The second-order valence-electron chi connectivity index (χ2n) is 5.37. The molecule has 126 valence electrons. The van der Waals surface area contributed by atoms with Gasteiger partial charge >= 0.3 is 0 Å². The monoisotopic (exact) mass is 335 g/mol. The van der Waals surface area contributed by atoms with Gasteiger partial charge in [-0.15, -0.1) is 0 Å². The summed E-state index contributed by atoms with van der Waals surface area (Å²) in [6.45, 7) is 3.85. The van der Waals surface area contributed by atoms with E-state index in [0.29, 0.717) is 21.8 Å². The molecule has 6 heteroatoms. The van der Waals surface area contributed by atoms with Crippen LogP contribution in [0, 0.1) is 0 Å². The number of aromatic carboxylic acids is 1. The second-order valence-corrected chi connectivity index (χ2v) is 5.37. The molecular weight excluding hydrogens is 320 g/mol. The summed E-state index contributed by atoms with van der Waals surface area (Å²) in [6.07, 6.45) is 1.58. The van der Waals surface area contributed by atoms with Crippen LogP contribution >= 0.6 is 0 Å². The standard InChI is InChI=1S/C19H16N2O4/c1-12-15(18(22)21(20-12)14-6-4-3-5-7-14)10-13-8-9-17(25-2)16(11-13)19(23)24/h3-11,20H,1H2,2H3,(H,23,24)/p-1/b15-10-. The van der Waals surface area contributed by atoms with E-state index >= 15 is 0 Å². The number of hydrogen-bond acceptors (Lipinski definition) is 4. The third-order valence-corrected chi connectivity index (χ3v) is 3.77. The first-order valence-electron chi connectivity index (χ1n) is 7.48. The first kappa shape index (κ1) is 16.3. The van der Waals surface area contributed by atoms with Crippen molar-refractivity contribution in [3.8, 4) is 11.4 Å². The van der Waals surface area contributed by atoms with Crippen molar-refractivity contribution in [2.24, 2.45) is 0 Å². The molecule has 0 aliphatic rings. The summed E-state index contributed by atoms with van der Waals surface area (Å²) in [5.74, 6) is -1.15. The van der Waals surface area contributed by atoms with Crippen molar-refractivity contribution < 1.29 is 14.6 Å². The van der Waals surface area contributed by atoms with Gasteiger partial charge in [-0.05, 0) is 35.9 Å². The third kappa shape index (κ3) is 3.10. The molecule has 3 rings (SSSR count). The number of nitrogens with zero attached hydrogens (tertiary/aromatic N) is 1. The molecule has 0 bridgehead atoms. The SMILES string of the molecule is C=c1[nH]n(-c2ccccc2)c(=O)/c1=C\c1ccc(OC)c(C(=O)[O-])c1. The van der Waals surface area contributed by atoms with Gasteiger partial charge in [0.25, 0.3) is 5.56 Å². The maximum atomic E-state index is 12.6. The van der Waals surface area contributed by atoms with Gasteiger partial charge in [0.05, 0.1) is 29.3 Å². The molecule has 0 aliphatic heterocycles. The number of benzene rings is 2. The van der Waals surface area contributed by atoms with E-state index in [-0.39, 0.29) is 16.9 Å². The first-order valence-corrected chi connectivity index (χ1v) is 7.48. The highest BCUT2D eigenvalue weighted by molar-refractivity contribution is 5.90. The number of carbonyl (C=O) groups excluding carboxylic acids is 1. The molecule has 0 unspecified atom stereocenters. The number of hydrogen-bond donors (Lipinski definition) is 1. The Morgan fingerprint density at radius 2 is 1.96 bits per heavy atom. The molecular formula is C19H15N2O4-. The van der Waals surface area contributed by atoms with Crippen molar-refractivity contribution in [2.75, 3.05) is 7.11 Å².